The fourth-order valence-electron chi connectivity index (χ4n) is 2.60. The molecule has 3 rings (SSSR count). The van der Waals surface area contributed by atoms with Crippen LogP contribution in [0.5, 0.6) is 0 Å². The van der Waals surface area contributed by atoms with Gasteiger partial charge in [0, 0.05) is 37.8 Å². The first-order chi connectivity index (χ1) is 9.78. The number of benzene rings is 1. The number of amides is 1. The number of hydrogen-bond acceptors (Lipinski definition) is 2. The summed E-state index contributed by atoms with van der Waals surface area (Å²) in [6, 6.07) is 9.94. The summed E-state index contributed by atoms with van der Waals surface area (Å²) in [5.41, 5.74) is 2.13. The topological polar surface area (TPSA) is 38.1 Å². The highest BCUT2D eigenvalue weighted by atomic mass is 16.2. The van der Waals surface area contributed by atoms with Crippen molar-refractivity contribution in [3.05, 3.63) is 60.9 Å². The molecule has 1 amide bonds. The third-order valence-electron chi connectivity index (χ3n) is 3.68. The summed E-state index contributed by atoms with van der Waals surface area (Å²) >= 11 is 0. The zero-order valence-electron chi connectivity index (χ0n) is 11.3. The average Bonchev–Trinajstić information content (AvgIpc) is 3.10. The van der Waals surface area contributed by atoms with Crippen molar-refractivity contribution in [1.82, 2.24) is 14.7 Å². The van der Waals surface area contributed by atoms with E-state index in [2.05, 4.69) is 11.7 Å². The number of nitrogens with zero attached hydrogens (tertiary/aromatic N) is 3. The molecule has 1 fully saturated rings. The summed E-state index contributed by atoms with van der Waals surface area (Å²) in [4.78, 5) is 13.9. The molecule has 4 heteroatoms. The molecule has 0 N–H and O–H groups in total. The molecule has 1 aromatic heterocycles. The highest BCUT2D eigenvalue weighted by Crippen LogP contribution is 2.23. The van der Waals surface area contributed by atoms with Crippen LogP contribution in [0.2, 0.25) is 0 Å². The van der Waals surface area contributed by atoms with Crippen molar-refractivity contribution < 1.29 is 4.79 Å². The molecule has 20 heavy (non-hydrogen) atoms. The van der Waals surface area contributed by atoms with E-state index in [1.807, 2.05) is 52.2 Å². The number of rotatable bonds is 4. The van der Waals surface area contributed by atoms with Crippen LogP contribution in [0.25, 0.3) is 5.69 Å². The first-order valence-corrected chi connectivity index (χ1v) is 6.76. The van der Waals surface area contributed by atoms with Gasteiger partial charge in [0.05, 0.1) is 5.69 Å². The molecule has 0 aliphatic carbocycles. The van der Waals surface area contributed by atoms with Gasteiger partial charge < -0.3 is 4.90 Å². The van der Waals surface area contributed by atoms with Crippen LogP contribution in [0.15, 0.2) is 55.4 Å². The van der Waals surface area contributed by atoms with Crippen molar-refractivity contribution in [3.8, 4) is 5.69 Å². The molecule has 1 aliphatic heterocycles. The number of aromatic nitrogens is 2. The summed E-state index contributed by atoms with van der Waals surface area (Å²) in [5, 5.41) is 4.27. The van der Waals surface area contributed by atoms with Gasteiger partial charge in [-0.3, -0.25) is 4.79 Å². The van der Waals surface area contributed by atoms with Gasteiger partial charge in [-0.2, -0.15) is 5.10 Å². The fraction of sp³-hybridized carbons (Fsp3) is 0.250. The summed E-state index contributed by atoms with van der Waals surface area (Å²) in [5.74, 6) is 0.476. The van der Waals surface area contributed by atoms with E-state index in [9.17, 15) is 4.79 Å². The second kappa shape index (κ2) is 5.33. The maximum absolute atomic E-state index is 12.0. The molecule has 1 aliphatic rings. The molecule has 0 saturated carbocycles. The molecule has 2 aromatic rings. The smallest absolute Gasteiger partial charge is 0.223 e. The van der Waals surface area contributed by atoms with Crippen LogP contribution in [-0.2, 0) is 11.3 Å². The van der Waals surface area contributed by atoms with E-state index in [1.165, 1.54) is 0 Å². The van der Waals surface area contributed by atoms with Crippen molar-refractivity contribution >= 4 is 5.91 Å². The monoisotopic (exact) mass is 267 g/mol. The highest BCUT2D eigenvalue weighted by Gasteiger charge is 2.27. The predicted octanol–water partition coefficient (Wildman–Crippen LogP) is 2.41. The number of para-hydroxylation sites is 1. The minimum Gasteiger partial charge on any atom is -0.338 e. The number of carbonyl (C=O) groups excluding carboxylic acids is 1. The lowest BCUT2D eigenvalue weighted by molar-refractivity contribution is -0.128. The number of hydrogen-bond donors (Lipinski definition) is 0. The van der Waals surface area contributed by atoms with Crippen molar-refractivity contribution in [1.29, 1.82) is 0 Å². The Balaban J connectivity index is 1.85. The minimum atomic E-state index is 0.199. The Hall–Kier alpha value is -2.36. The van der Waals surface area contributed by atoms with Crippen molar-refractivity contribution in [3.63, 3.8) is 0 Å². The quantitative estimate of drug-likeness (QED) is 0.798. The largest absolute Gasteiger partial charge is 0.338 e. The van der Waals surface area contributed by atoms with Crippen molar-refractivity contribution in [2.75, 3.05) is 6.54 Å². The maximum Gasteiger partial charge on any atom is 0.223 e. The second-order valence-corrected chi connectivity index (χ2v) is 5.05. The van der Waals surface area contributed by atoms with E-state index in [-0.39, 0.29) is 11.8 Å². The van der Waals surface area contributed by atoms with Crippen LogP contribution in [0.3, 0.4) is 0 Å². The summed E-state index contributed by atoms with van der Waals surface area (Å²) in [7, 11) is 0. The molecule has 1 aromatic carbocycles. The summed E-state index contributed by atoms with van der Waals surface area (Å²) in [6.07, 6.45) is 6.12. The molecular weight excluding hydrogens is 250 g/mol. The Morgan fingerprint density at radius 1 is 1.35 bits per heavy atom. The molecular formula is C16H17N3O. The molecule has 0 bridgehead atoms. The first kappa shape index (κ1) is 12.7. The molecule has 0 spiro atoms. The number of likely N-dealkylation sites (tertiary alicyclic amines) is 1. The van der Waals surface area contributed by atoms with Crippen LogP contribution in [0.1, 0.15) is 12.0 Å². The van der Waals surface area contributed by atoms with Gasteiger partial charge in [-0.25, -0.2) is 4.68 Å². The second-order valence-electron chi connectivity index (χ2n) is 5.05. The number of carbonyl (C=O) groups is 1. The van der Waals surface area contributed by atoms with Gasteiger partial charge >= 0.3 is 0 Å². The molecule has 4 nitrogen and oxygen atoms in total. The maximum atomic E-state index is 12.0. The molecule has 1 unspecified atom stereocenters. The zero-order chi connectivity index (χ0) is 13.9. The Morgan fingerprint density at radius 3 is 2.90 bits per heavy atom. The Morgan fingerprint density at radius 2 is 2.20 bits per heavy atom. The molecule has 2 heterocycles. The zero-order valence-corrected chi connectivity index (χ0v) is 11.3. The lowest BCUT2D eigenvalue weighted by atomic mass is 10.1. The fourth-order valence-corrected chi connectivity index (χ4v) is 2.60. The highest BCUT2D eigenvalue weighted by molar-refractivity contribution is 5.79. The van der Waals surface area contributed by atoms with E-state index in [1.54, 1.807) is 6.20 Å². The lowest BCUT2D eigenvalue weighted by Gasteiger charge is -2.18. The minimum absolute atomic E-state index is 0.199. The van der Waals surface area contributed by atoms with Crippen LogP contribution in [0.4, 0.5) is 0 Å². The van der Waals surface area contributed by atoms with Gasteiger partial charge in [0.25, 0.3) is 0 Å². The molecule has 0 radical (unpaired) electrons. The van der Waals surface area contributed by atoms with Crippen LogP contribution in [0, 0.1) is 5.92 Å². The van der Waals surface area contributed by atoms with E-state index in [0.717, 1.165) is 17.8 Å². The Labute approximate surface area is 118 Å². The van der Waals surface area contributed by atoms with E-state index in [0.29, 0.717) is 13.0 Å². The first-order valence-electron chi connectivity index (χ1n) is 6.76. The third kappa shape index (κ3) is 2.37. The van der Waals surface area contributed by atoms with Gasteiger partial charge in [0.2, 0.25) is 5.91 Å². The molecule has 1 saturated heterocycles. The van der Waals surface area contributed by atoms with Gasteiger partial charge in [-0.1, -0.05) is 24.3 Å². The van der Waals surface area contributed by atoms with Gasteiger partial charge in [-0.05, 0) is 17.7 Å². The average molecular weight is 267 g/mol. The van der Waals surface area contributed by atoms with Gasteiger partial charge in [-0.15, -0.1) is 6.58 Å². The predicted molar refractivity (Wildman–Crippen MR) is 77.3 cm³/mol. The Bertz CT molecular complexity index is 618. The van der Waals surface area contributed by atoms with Crippen LogP contribution in [-0.4, -0.2) is 27.1 Å². The van der Waals surface area contributed by atoms with E-state index < -0.39 is 0 Å². The van der Waals surface area contributed by atoms with E-state index >= 15 is 0 Å². The summed E-state index contributed by atoms with van der Waals surface area (Å²) in [6.45, 7) is 5.17. The van der Waals surface area contributed by atoms with Crippen molar-refractivity contribution in [2.24, 2.45) is 5.92 Å². The molecule has 102 valence electrons. The van der Waals surface area contributed by atoms with E-state index in [4.69, 9.17) is 0 Å². The SMILES string of the molecule is C=CC1CC(=O)N(Cc2ccccc2-n2cccn2)C1. The van der Waals surface area contributed by atoms with Crippen LogP contribution < -0.4 is 0 Å². The molecule has 1 atom stereocenters. The van der Waals surface area contributed by atoms with Gasteiger partial charge in [0.15, 0.2) is 0 Å². The Kier molecular flexibility index (Phi) is 3.37. The normalized spacial score (nSPS) is 18.5. The van der Waals surface area contributed by atoms with Gasteiger partial charge in [0.1, 0.15) is 0 Å². The van der Waals surface area contributed by atoms with Crippen molar-refractivity contribution in [2.45, 2.75) is 13.0 Å². The third-order valence-corrected chi connectivity index (χ3v) is 3.68. The summed E-state index contributed by atoms with van der Waals surface area (Å²) < 4.78 is 1.83. The van der Waals surface area contributed by atoms with Crippen LogP contribution >= 0.6 is 0 Å². The lowest BCUT2D eigenvalue weighted by Crippen LogP contribution is -2.25. The standard InChI is InChI=1S/C16H17N3O/c1-2-13-10-16(20)18(11-13)12-14-6-3-4-7-15(14)19-9-5-8-17-19/h2-9,13H,1,10-12H2.